The van der Waals surface area contributed by atoms with Crippen LogP contribution < -0.4 is 4.74 Å². The predicted octanol–water partition coefficient (Wildman–Crippen LogP) is 2.92. The Labute approximate surface area is 85.5 Å². The summed E-state index contributed by atoms with van der Waals surface area (Å²) in [6.07, 6.45) is -0.0914. The highest BCUT2D eigenvalue weighted by atomic mass is 16.6. The van der Waals surface area contributed by atoms with Gasteiger partial charge in [-0.25, -0.2) is 0 Å². The molecule has 0 spiro atoms. The Hall–Kier alpha value is -1.02. The van der Waals surface area contributed by atoms with E-state index in [9.17, 15) is 5.11 Å². The van der Waals surface area contributed by atoms with Crippen molar-refractivity contribution < 1.29 is 9.84 Å². The maximum Gasteiger partial charge on any atom is 0.197 e. The van der Waals surface area contributed by atoms with E-state index in [2.05, 4.69) is 13.8 Å². The second kappa shape index (κ2) is 5.01. The van der Waals surface area contributed by atoms with Gasteiger partial charge in [0.15, 0.2) is 6.29 Å². The third-order valence-corrected chi connectivity index (χ3v) is 2.17. The van der Waals surface area contributed by atoms with E-state index in [4.69, 9.17) is 4.74 Å². The smallest absolute Gasteiger partial charge is 0.197 e. The molecule has 0 aliphatic carbocycles. The zero-order valence-electron chi connectivity index (χ0n) is 9.03. The number of ether oxygens (including phenoxy) is 1. The van der Waals surface area contributed by atoms with E-state index >= 15 is 0 Å². The largest absolute Gasteiger partial charge is 0.465 e. The number of aliphatic hydroxyl groups is 1. The van der Waals surface area contributed by atoms with Crippen LogP contribution in [-0.4, -0.2) is 11.4 Å². The number of benzene rings is 1. The molecule has 0 aliphatic rings. The molecule has 1 N–H and O–H groups in total. The summed E-state index contributed by atoms with van der Waals surface area (Å²) in [6, 6.07) is 7.85. The summed E-state index contributed by atoms with van der Waals surface area (Å²) in [5.41, 5.74) is 1.28. The lowest BCUT2D eigenvalue weighted by Gasteiger charge is -2.12. The van der Waals surface area contributed by atoms with Crippen molar-refractivity contribution in [3.63, 3.8) is 0 Å². The van der Waals surface area contributed by atoms with E-state index in [0.717, 1.165) is 5.75 Å². The molecule has 2 heteroatoms. The van der Waals surface area contributed by atoms with Crippen molar-refractivity contribution in [3.8, 4) is 5.75 Å². The van der Waals surface area contributed by atoms with E-state index in [1.165, 1.54) is 5.56 Å². The molecule has 0 heterocycles. The molecule has 1 unspecified atom stereocenters. The topological polar surface area (TPSA) is 29.5 Å². The van der Waals surface area contributed by atoms with Crippen molar-refractivity contribution in [3.05, 3.63) is 29.8 Å². The van der Waals surface area contributed by atoms with Crippen molar-refractivity contribution >= 4 is 0 Å². The fourth-order valence-corrected chi connectivity index (χ4v) is 1.17. The Morgan fingerprint density at radius 2 is 1.79 bits per heavy atom. The average Bonchev–Trinajstić information content (AvgIpc) is 2.18. The van der Waals surface area contributed by atoms with Gasteiger partial charge in [-0.05, 0) is 23.6 Å². The Kier molecular flexibility index (Phi) is 3.96. The molecule has 1 atom stereocenters. The van der Waals surface area contributed by atoms with Crippen LogP contribution in [0.1, 0.15) is 38.7 Å². The Balaban J connectivity index is 2.64. The lowest BCUT2D eigenvalue weighted by molar-refractivity contribution is -0.0191. The van der Waals surface area contributed by atoms with Crippen LogP contribution in [-0.2, 0) is 0 Å². The number of rotatable bonds is 4. The summed E-state index contributed by atoms with van der Waals surface area (Å²) in [6.45, 7) is 6.18. The first kappa shape index (κ1) is 11.1. The molecule has 0 aromatic heterocycles. The van der Waals surface area contributed by atoms with E-state index in [0.29, 0.717) is 12.3 Å². The van der Waals surface area contributed by atoms with Crippen LogP contribution in [0, 0.1) is 0 Å². The fraction of sp³-hybridized carbons (Fsp3) is 0.500. The monoisotopic (exact) mass is 194 g/mol. The van der Waals surface area contributed by atoms with Gasteiger partial charge in [0.1, 0.15) is 5.75 Å². The molecule has 0 aliphatic heterocycles. The highest BCUT2D eigenvalue weighted by Crippen LogP contribution is 2.19. The first-order chi connectivity index (χ1) is 6.63. The van der Waals surface area contributed by atoms with Crippen molar-refractivity contribution in [2.45, 2.75) is 39.4 Å². The first-order valence-corrected chi connectivity index (χ1v) is 5.08. The predicted molar refractivity (Wildman–Crippen MR) is 57.5 cm³/mol. The van der Waals surface area contributed by atoms with Crippen molar-refractivity contribution in [2.24, 2.45) is 0 Å². The summed E-state index contributed by atoms with van der Waals surface area (Å²) >= 11 is 0. The van der Waals surface area contributed by atoms with Gasteiger partial charge in [0.2, 0.25) is 0 Å². The minimum atomic E-state index is -0.695. The van der Waals surface area contributed by atoms with Crippen LogP contribution in [0.5, 0.6) is 5.75 Å². The van der Waals surface area contributed by atoms with Crippen LogP contribution in [0.4, 0.5) is 0 Å². The van der Waals surface area contributed by atoms with Gasteiger partial charge >= 0.3 is 0 Å². The molecular weight excluding hydrogens is 176 g/mol. The van der Waals surface area contributed by atoms with Crippen molar-refractivity contribution in [2.75, 3.05) is 0 Å². The van der Waals surface area contributed by atoms with E-state index < -0.39 is 6.29 Å². The molecule has 1 aromatic carbocycles. The summed E-state index contributed by atoms with van der Waals surface area (Å²) in [7, 11) is 0. The van der Waals surface area contributed by atoms with Crippen LogP contribution in [0.2, 0.25) is 0 Å². The summed E-state index contributed by atoms with van der Waals surface area (Å²) in [5, 5.41) is 9.27. The minimum absolute atomic E-state index is 0.528. The van der Waals surface area contributed by atoms with Gasteiger partial charge in [0.05, 0.1) is 0 Å². The second-order valence-corrected chi connectivity index (χ2v) is 3.70. The Morgan fingerprint density at radius 1 is 1.21 bits per heavy atom. The minimum Gasteiger partial charge on any atom is -0.465 e. The normalized spacial score (nSPS) is 12.9. The van der Waals surface area contributed by atoms with Crippen molar-refractivity contribution in [1.82, 2.24) is 0 Å². The fourth-order valence-electron chi connectivity index (χ4n) is 1.17. The summed E-state index contributed by atoms with van der Waals surface area (Å²) < 4.78 is 5.25. The van der Waals surface area contributed by atoms with Crippen LogP contribution >= 0.6 is 0 Å². The van der Waals surface area contributed by atoms with Gasteiger partial charge in [0, 0.05) is 6.42 Å². The maximum absolute atomic E-state index is 9.27. The van der Waals surface area contributed by atoms with Crippen LogP contribution in [0.3, 0.4) is 0 Å². The van der Waals surface area contributed by atoms with E-state index in [1.54, 1.807) is 0 Å². The van der Waals surface area contributed by atoms with Gasteiger partial charge in [0.25, 0.3) is 0 Å². The van der Waals surface area contributed by atoms with Gasteiger partial charge < -0.3 is 9.84 Å². The first-order valence-electron chi connectivity index (χ1n) is 5.08. The summed E-state index contributed by atoms with van der Waals surface area (Å²) in [5.74, 6) is 1.25. The number of hydrogen-bond donors (Lipinski definition) is 1. The molecule has 0 saturated heterocycles. The van der Waals surface area contributed by atoms with Gasteiger partial charge in [-0.15, -0.1) is 0 Å². The molecular formula is C12H18O2. The van der Waals surface area contributed by atoms with Crippen LogP contribution in [0.15, 0.2) is 24.3 Å². The third kappa shape index (κ3) is 3.04. The van der Waals surface area contributed by atoms with Crippen molar-refractivity contribution in [1.29, 1.82) is 0 Å². The zero-order valence-corrected chi connectivity index (χ0v) is 9.03. The molecule has 78 valence electrons. The molecule has 14 heavy (non-hydrogen) atoms. The van der Waals surface area contributed by atoms with E-state index in [-0.39, 0.29) is 0 Å². The molecule has 0 radical (unpaired) electrons. The molecule has 1 rings (SSSR count). The molecule has 0 fully saturated rings. The molecule has 1 aromatic rings. The standard InChI is InChI=1S/C12H18O2/c1-4-12(13)14-11-7-5-10(6-8-11)9(2)3/h5-9,12-13H,4H2,1-3H3. The quantitative estimate of drug-likeness (QED) is 0.747. The third-order valence-electron chi connectivity index (χ3n) is 2.17. The van der Waals surface area contributed by atoms with Gasteiger partial charge in [-0.2, -0.15) is 0 Å². The lowest BCUT2D eigenvalue weighted by Crippen LogP contribution is -2.13. The summed E-state index contributed by atoms with van der Waals surface area (Å²) in [4.78, 5) is 0. The Bertz CT molecular complexity index is 264. The van der Waals surface area contributed by atoms with Gasteiger partial charge in [-0.3, -0.25) is 0 Å². The number of hydrogen-bond acceptors (Lipinski definition) is 2. The molecule has 2 nitrogen and oxygen atoms in total. The highest BCUT2D eigenvalue weighted by molar-refractivity contribution is 5.28. The number of aliphatic hydroxyl groups excluding tert-OH is 1. The average molecular weight is 194 g/mol. The Morgan fingerprint density at radius 3 is 2.21 bits per heavy atom. The zero-order chi connectivity index (χ0) is 10.6. The van der Waals surface area contributed by atoms with E-state index in [1.807, 2.05) is 31.2 Å². The lowest BCUT2D eigenvalue weighted by atomic mass is 10.0. The van der Waals surface area contributed by atoms with Crippen LogP contribution in [0.25, 0.3) is 0 Å². The highest BCUT2D eigenvalue weighted by Gasteiger charge is 2.03. The molecule has 0 amide bonds. The second-order valence-electron chi connectivity index (χ2n) is 3.70. The van der Waals surface area contributed by atoms with Gasteiger partial charge in [-0.1, -0.05) is 32.9 Å². The molecule has 0 bridgehead atoms. The maximum atomic E-state index is 9.27. The molecule has 0 saturated carbocycles. The SMILES string of the molecule is CCC(O)Oc1ccc(C(C)C)cc1.